The Balaban J connectivity index is 2.13. The predicted octanol–water partition coefficient (Wildman–Crippen LogP) is 3.16. The van der Waals surface area contributed by atoms with Crippen LogP contribution in [-0.2, 0) is 11.2 Å². The van der Waals surface area contributed by atoms with E-state index in [-0.39, 0.29) is 17.3 Å². The van der Waals surface area contributed by atoms with Gasteiger partial charge in [0.15, 0.2) is 0 Å². The van der Waals surface area contributed by atoms with E-state index in [0.29, 0.717) is 16.3 Å². The van der Waals surface area contributed by atoms with E-state index >= 15 is 0 Å². The van der Waals surface area contributed by atoms with Crippen LogP contribution in [0.1, 0.15) is 11.1 Å². The van der Waals surface area contributed by atoms with Crippen LogP contribution in [0.15, 0.2) is 48.5 Å². The van der Waals surface area contributed by atoms with Gasteiger partial charge in [0.1, 0.15) is 4.99 Å². The van der Waals surface area contributed by atoms with E-state index < -0.39 is 0 Å². The van der Waals surface area contributed by atoms with Crippen LogP contribution in [0.4, 0.5) is 5.69 Å². The molecule has 3 N–H and O–H groups in total. The zero-order valence-electron chi connectivity index (χ0n) is 10.6. The third kappa shape index (κ3) is 3.56. The number of para-hydroxylation sites is 1. The highest BCUT2D eigenvalue weighted by Crippen LogP contribution is 2.18. The average molecular weight is 305 g/mol. The van der Waals surface area contributed by atoms with Crippen molar-refractivity contribution in [2.75, 3.05) is 5.32 Å². The van der Waals surface area contributed by atoms with Gasteiger partial charge in [0.2, 0.25) is 5.91 Å². The molecule has 0 spiro atoms. The fraction of sp³-hybridized carbons (Fsp3) is 0.0667. The Bertz CT molecular complexity index is 658. The van der Waals surface area contributed by atoms with Crippen molar-refractivity contribution in [2.45, 2.75) is 6.42 Å². The van der Waals surface area contributed by atoms with Gasteiger partial charge in [-0.2, -0.15) is 0 Å². The van der Waals surface area contributed by atoms with Gasteiger partial charge >= 0.3 is 0 Å². The fourth-order valence-electron chi connectivity index (χ4n) is 1.82. The molecule has 0 aliphatic carbocycles. The Morgan fingerprint density at radius 1 is 1.15 bits per heavy atom. The molecule has 0 aliphatic rings. The zero-order valence-corrected chi connectivity index (χ0v) is 12.2. The molecule has 102 valence electrons. The molecule has 0 bridgehead atoms. The molecule has 5 heteroatoms. The lowest BCUT2D eigenvalue weighted by atomic mass is 10.1. The number of carbonyl (C=O) groups excluding carboxylic acids is 1. The van der Waals surface area contributed by atoms with E-state index in [9.17, 15) is 4.79 Å². The van der Waals surface area contributed by atoms with Crippen LogP contribution >= 0.6 is 23.8 Å². The average Bonchev–Trinajstić information content (AvgIpc) is 2.41. The maximum Gasteiger partial charge on any atom is 0.228 e. The van der Waals surface area contributed by atoms with Gasteiger partial charge in [-0.25, -0.2) is 0 Å². The molecule has 0 fully saturated rings. The van der Waals surface area contributed by atoms with Gasteiger partial charge < -0.3 is 11.1 Å². The molecule has 0 saturated carbocycles. The number of hydrogen-bond donors (Lipinski definition) is 2. The second-order valence-corrected chi connectivity index (χ2v) is 5.07. The number of hydrogen-bond acceptors (Lipinski definition) is 2. The minimum Gasteiger partial charge on any atom is -0.389 e. The van der Waals surface area contributed by atoms with Crippen molar-refractivity contribution in [1.82, 2.24) is 0 Å². The number of anilines is 1. The molecule has 0 aromatic heterocycles. The molecule has 2 aromatic carbocycles. The molecule has 0 saturated heterocycles. The van der Waals surface area contributed by atoms with Crippen LogP contribution in [-0.4, -0.2) is 10.9 Å². The number of halogens is 1. The monoisotopic (exact) mass is 304 g/mol. The molecule has 20 heavy (non-hydrogen) atoms. The van der Waals surface area contributed by atoms with Crippen molar-refractivity contribution in [3.05, 3.63) is 64.7 Å². The zero-order chi connectivity index (χ0) is 14.5. The molecular formula is C15H13ClN2OS. The molecule has 2 rings (SSSR count). The minimum absolute atomic E-state index is 0.165. The highest BCUT2D eigenvalue weighted by Gasteiger charge is 2.10. The summed E-state index contributed by atoms with van der Waals surface area (Å²) in [5.41, 5.74) is 7.66. The summed E-state index contributed by atoms with van der Waals surface area (Å²) < 4.78 is 0. The largest absolute Gasteiger partial charge is 0.389 e. The first-order valence-electron chi connectivity index (χ1n) is 6.00. The van der Waals surface area contributed by atoms with Crippen LogP contribution in [0.25, 0.3) is 0 Å². The third-order valence-corrected chi connectivity index (χ3v) is 3.36. The first-order valence-corrected chi connectivity index (χ1v) is 6.78. The Morgan fingerprint density at radius 2 is 1.80 bits per heavy atom. The normalized spacial score (nSPS) is 10.1. The van der Waals surface area contributed by atoms with Gasteiger partial charge in [-0.05, 0) is 23.8 Å². The van der Waals surface area contributed by atoms with Gasteiger partial charge in [0.05, 0.1) is 12.1 Å². The summed E-state index contributed by atoms with van der Waals surface area (Å²) in [7, 11) is 0. The summed E-state index contributed by atoms with van der Waals surface area (Å²) in [4.78, 5) is 12.3. The number of rotatable bonds is 4. The number of nitrogens with two attached hydrogens (primary N) is 1. The summed E-state index contributed by atoms with van der Waals surface area (Å²) in [5, 5.41) is 3.38. The van der Waals surface area contributed by atoms with Gasteiger partial charge in [0.25, 0.3) is 0 Å². The van der Waals surface area contributed by atoms with Crippen molar-refractivity contribution in [3.63, 3.8) is 0 Å². The summed E-state index contributed by atoms with van der Waals surface area (Å²) in [6.45, 7) is 0. The minimum atomic E-state index is -0.165. The van der Waals surface area contributed by atoms with Gasteiger partial charge in [-0.15, -0.1) is 0 Å². The maximum atomic E-state index is 12.1. The lowest BCUT2D eigenvalue weighted by Crippen LogP contribution is -2.19. The molecular weight excluding hydrogens is 292 g/mol. The number of nitrogens with one attached hydrogen (secondary N) is 1. The van der Waals surface area contributed by atoms with Gasteiger partial charge in [-0.3, -0.25) is 4.79 Å². The molecule has 2 aromatic rings. The summed E-state index contributed by atoms with van der Waals surface area (Å²) in [6.07, 6.45) is 0.200. The second kappa shape index (κ2) is 6.50. The van der Waals surface area contributed by atoms with Crippen molar-refractivity contribution in [2.24, 2.45) is 5.73 Å². The van der Waals surface area contributed by atoms with Crippen molar-refractivity contribution < 1.29 is 4.79 Å². The second-order valence-electron chi connectivity index (χ2n) is 4.23. The Labute approximate surface area is 127 Å². The molecule has 0 aliphatic heterocycles. The predicted molar refractivity (Wildman–Crippen MR) is 86.1 cm³/mol. The van der Waals surface area contributed by atoms with Crippen molar-refractivity contribution in [1.29, 1.82) is 0 Å². The van der Waals surface area contributed by atoms with Gasteiger partial charge in [-0.1, -0.05) is 54.2 Å². The van der Waals surface area contributed by atoms with E-state index in [4.69, 9.17) is 29.6 Å². The lowest BCUT2D eigenvalue weighted by molar-refractivity contribution is -0.115. The van der Waals surface area contributed by atoms with E-state index in [1.807, 2.05) is 30.3 Å². The molecule has 1 amide bonds. The number of amides is 1. The SMILES string of the molecule is NC(=S)c1ccccc1NC(=O)Cc1ccccc1Cl. The van der Waals surface area contributed by atoms with Crippen molar-refractivity contribution in [3.8, 4) is 0 Å². The number of thiocarbonyl (C=S) groups is 1. The fourth-order valence-corrected chi connectivity index (χ4v) is 2.20. The number of benzene rings is 2. The topological polar surface area (TPSA) is 55.1 Å². The highest BCUT2D eigenvalue weighted by molar-refractivity contribution is 7.80. The smallest absolute Gasteiger partial charge is 0.228 e. The van der Waals surface area contributed by atoms with E-state index in [0.717, 1.165) is 5.56 Å². The molecule has 0 atom stereocenters. The summed E-state index contributed by atoms with van der Waals surface area (Å²) in [6, 6.07) is 14.4. The Hall–Kier alpha value is -1.91. The Morgan fingerprint density at radius 3 is 2.50 bits per heavy atom. The lowest BCUT2D eigenvalue weighted by Gasteiger charge is -2.10. The summed E-state index contributed by atoms with van der Waals surface area (Å²) >= 11 is 11.0. The van der Waals surface area contributed by atoms with Crippen LogP contribution in [0.2, 0.25) is 5.02 Å². The van der Waals surface area contributed by atoms with Crippen LogP contribution in [0.3, 0.4) is 0 Å². The van der Waals surface area contributed by atoms with Crippen molar-refractivity contribution >= 4 is 40.4 Å². The molecule has 0 heterocycles. The van der Waals surface area contributed by atoms with Crippen LogP contribution in [0, 0.1) is 0 Å². The van der Waals surface area contributed by atoms with Gasteiger partial charge in [0, 0.05) is 10.6 Å². The Kier molecular flexibility index (Phi) is 4.71. The third-order valence-electron chi connectivity index (χ3n) is 2.78. The quantitative estimate of drug-likeness (QED) is 0.853. The van der Waals surface area contributed by atoms with Crippen LogP contribution < -0.4 is 11.1 Å². The van der Waals surface area contributed by atoms with E-state index in [2.05, 4.69) is 5.32 Å². The highest BCUT2D eigenvalue weighted by atomic mass is 35.5. The van der Waals surface area contributed by atoms with E-state index in [1.165, 1.54) is 0 Å². The number of carbonyl (C=O) groups is 1. The molecule has 3 nitrogen and oxygen atoms in total. The first-order chi connectivity index (χ1) is 9.58. The van der Waals surface area contributed by atoms with Crippen LogP contribution in [0.5, 0.6) is 0 Å². The maximum absolute atomic E-state index is 12.1. The standard InChI is InChI=1S/C15H13ClN2OS/c16-12-7-3-1-5-10(12)9-14(19)18-13-8-4-2-6-11(13)15(17)20/h1-8H,9H2,(H2,17,20)(H,18,19). The van der Waals surface area contributed by atoms with E-state index in [1.54, 1.807) is 18.2 Å². The first kappa shape index (κ1) is 14.5. The summed E-state index contributed by atoms with van der Waals surface area (Å²) in [5.74, 6) is -0.165. The molecule has 0 radical (unpaired) electrons. The molecule has 0 unspecified atom stereocenters.